The maximum Gasteiger partial charge on any atom is 0.0416 e. The van der Waals surface area contributed by atoms with Gasteiger partial charge in [-0.1, -0.05) is 18.2 Å². The van der Waals surface area contributed by atoms with Crippen LogP contribution in [0.5, 0.6) is 0 Å². The molecule has 0 bridgehead atoms. The number of nitrogen functional groups attached to an aromatic ring is 1. The fourth-order valence-corrected chi connectivity index (χ4v) is 2.91. The van der Waals surface area contributed by atoms with Gasteiger partial charge in [-0.2, -0.15) is 0 Å². The van der Waals surface area contributed by atoms with E-state index in [9.17, 15) is 0 Å². The molecule has 1 fully saturated rings. The minimum Gasteiger partial charge on any atom is -0.398 e. The summed E-state index contributed by atoms with van der Waals surface area (Å²) in [5.74, 6) is 0. The van der Waals surface area contributed by atoms with E-state index in [1.165, 1.54) is 13.1 Å². The first-order valence-corrected chi connectivity index (χ1v) is 8.34. The van der Waals surface area contributed by atoms with Gasteiger partial charge in [-0.25, -0.2) is 0 Å². The highest BCUT2D eigenvalue weighted by Gasteiger charge is 2.13. The van der Waals surface area contributed by atoms with E-state index in [0.29, 0.717) is 0 Å². The molecule has 2 N–H and O–H groups in total. The Hall–Kier alpha value is -1.91. The molecule has 0 saturated carbocycles. The van der Waals surface area contributed by atoms with Crippen LogP contribution >= 0.6 is 0 Å². The molecule has 4 heteroatoms. The molecule has 2 heterocycles. The molecule has 1 saturated heterocycles. The van der Waals surface area contributed by atoms with Gasteiger partial charge >= 0.3 is 0 Å². The van der Waals surface area contributed by atoms with Crippen molar-refractivity contribution in [2.75, 3.05) is 45.5 Å². The Balaban J connectivity index is 1.59. The lowest BCUT2D eigenvalue weighted by atomic mass is 10.0. The average Bonchev–Trinajstić information content (AvgIpc) is 2.57. The largest absolute Gasteiger partial charge is 0.398 e. The highest BCUT2D eigenvalue weighted by molar-refractivity contribution is 5.68. The predicted molar refractivity (Wildman–Crippen MR) is 96.5 cm³/mol. The number of likely N-dealkylation sites (N-methyl/N-ethyl adjacent to an activating group) is 1. The molecular weight excluding hydrogens is 284 g/mol. The van der Waals surface area contributed by atoms with Crippen molar-refractivity contribution in [3.63, 3.8) is 0 Å². The van der Waals surface area contributed by atoms with Gasteiger partial charge in [0.15, 0.2) is 0 Å². The molecule has 1 aromatic carbocycles. The molecule has 1 aliphatic heterocycles. The van der Waals surface area contributed by atoms with Crippen molar-refractivity contribution in [3.05, 3.63) is 47.8 Å². The van der Waals surface area contributed by atoms with E-state index in [4.69, 9.17) is 5.73 Å². The summed E-state index contributed by atoms with van der Waals surface area (Å²) in [6.07, 6.45) is 2.98. The van der Waals surface area contributed by atoms with Crippen LogP contribution in [0.1, 0.15) is 11.3 Å². The SMILES string of the molecule is Cc1ccc(-c2ccc(CCN3CCN(C)CC3)nc2)cc1N. The van der Waals surface area contributed by atoms with Crippen LogP contribution in [-0.4, -0.2) is 54.6 Å². The maximum atomic E-state index is 6.00. The van der Waals surface area contributed by atoms with Crippen molar-refractivity contribution in [1.29, 1.82) is 0 Å². The summed E-state index contributed by atoms with van der Waals surface area (Å²) in [5, 5.41) is 0. The first kappa shape index (κ1) is 16.0. The Bertz CT molecular complexity index is 643. The summed E-state index contributed by atoms with van der Waals surface area (Å²) in [7, 11) is 2.19. The Labute approximate surface area is 138 Å². The number of rotatable bonds is 4. The van der Waals surface area contributed by atoms with Gasteiger partial charge in [0, 0.05) is 62.3 Å². The van der Waals surface area contributed by atoms with Gasteiger partial charge in [-0.05, 0) is 37.2 Å². The van der Waals surface area contributed by atoms with Crippen LogP contribution in [0, 0.1) is 6.92 Å². The minimum atomic E-state index is 0.835. The molecule has 1 aromatic heterocycles. The van der Waals surface area contributed by atoms with Gasteiger partial charge < -0.3 is 15.5 Å². The van der Waals surface area contributed by atoms with Crippen LogP contribution in [0.25, 0.3) is 11.1 Å². The monoisotopic (exact) mass is 310 g/mol. The molecule has 2 aromatic rings. The Kier molecular flexibility index (Phi) is 4.94. The Morgan fingerprint density at radius 2 is 1.78 bits per heavy atom. The van der Waals surface area contributed by atoms with E-state index >= 15 is 0 Å². The number of anilines is 1. The number of hydrogen-bond acceptors (Lipinski definition) is 4. The third-order valence-electron chi connectivity index (χ3n) is 4.72. The number of hydrogen-bond donors (Lipinski definition) is 1. The van der Waals surface area contributed by atoms with Gasteiger partial charge in [0.1, 0.15) is 0 Å². The van der Waals surface area contributed by atoms with Crippen molar-refractivity contribution in [2.24, 2.45) is 0 Å². The summed E-state index contributed by atoms with van der Waals surface area (Å²) in [6.45, 7) is 7.79. The predicted octanol–water partition coefficient (Wildman–Crippen LogP) is 2.43. The lowest BCUT2D eigenvalue weighted by molar-refractivity contribution is 0.155. The molecule has 0 amide bonds. The zero-order valence-electron chi connectivity index (χ0n) is 14.1. The molecule has 1 aliphatic rings. The van der Waals surface area contributed by atoms with Crippen molar-refractivity contribution < 1.29 is 0 Å². The Morgan fingerprint density at radius 1 is 1.04 bits per heavy atom. The van der Waals surface area contributed by atoms with Gasteiger partial charge in [-0.15, -0.1) is 0 Å². The molecule has 0 atom stereocenters. The smallest absolute Gasteiger partial charge is 0.0416 e. The van der Waals surface area contributed by atoms with Gasteiger partial charge in [0.25, 0.3) is 0 Å². The standard InChI is InChI=1S/C19H26N4/c1-15-3-4-16(13-19(15)20)17-5-6-18(21-14-17)7-8-23-11-9-22(2)10-12-23/h3-6,13-14H,7-12,20H2,1-2H3. The van der Waals surface area contributed by atoms with Gasteiger partial charge in [-0.3, -0.25) is 4.98 Å². The molecule has 122 valence electrons. The van der Waals surface area contributed by atoms with Crippen LogP contribution in [0.3, 0.4) is 0 Å². The summed E-state index contributed by atoms with van der Waals surface area (Å²) in [4.78, 5) is 9.54. The van der Waals surface area contributed by atoms with E-state index in [2.05, 4.69) is 46.1 Å². The minimum absolute atomic E-state index is 0.835. The second-order valence-corrected chi connectivity index (χ2v) is 6.50. The zero-order valence-corrected chi connectivity index (χ0v) is 14.1. The molecule has 0 spiro atoms. The van der Waals surface area contributed by atoms with E-state index < -0.39 is 0 Å². The number of pyridine rings is 1. The van der Waals surface area contributed by atoms with Crippen LogP contribution in [0.15, 0.2) is 36.5 Å². The number of nitrogens with two attached hydrogens (primary N) is 1. The third-order valence-corrected chi connectivity index (χ3v) is 4.72. The highest BCUT2D eigenvalue weighted by atomic mass is 15.2. The van der Waals surface area contributed by atoms with Crippen molar-refractivity contribution >= 4 is 5.69 Å². The summed E-state index contributed by atoms with van der Waals surface area (Å²) < 4.78 is 0. The van der Waals surface area contributed by atoms with Crippen molar-refractivity contribution in [3.8, 4) is 11.1 Å². The van der Waals surface area contributed by atoms with Gasteiger partial charge in [0.05, 0.1) is 0 Å². The fraction of sp³-hybridized carbons (Fsp3) is 0.421. The normalized spacial score (nSPS) is 16.6. The first-order valence-electron chi connectivity index (χ1n) is 8.34. The number of benzene rings is 1. The molecule has 23 heavy (non-hydrogen) atoms. The van der Waals surface area contributed by atoms with E-state index in [-0.39, 0.29) is 0 Å². The summed E-state index contributed by atoms with van der Waals surface area (Å²) in [6, 6.07) is 10.5. The highest BCUT2D eigenvalue weighted by Crippen LogP contribution is 2.23. The summed E-state index contributed by atoms with van der Waals surface area (Å²) in [5.41, 5.74) is 11.4. The van der Waals surface area contributed by atoms with E-state index in [1.807, 2.05) is 19.2 Å². The molecule has 0 unspecified atom stereocenters. The zero-order chi connectivity index (χ0) is 16.2. The van der Waals surface area contributed by atoms with Gasteiger partial charge in [0.2, 0.25) is 0 Å². The van der Waals surface area contributed by atoms with E-state index in [0.717, 1.165) is 54.1 Å². The van der Waals surface area contributed by atoms with Crippen LogP contribution < -0.4 is 5.73 Å². The number of aromatic nitrogens is 1. The number of nitrogens with zero attached hydrogens (tertiary/aromatic N) is 3. The topological polar surface area (TPSA) is 45.4 Å². The average molecular weight is 310 g/mol. The number of aryl methyl sites for hydroxylation is 1. The molecular formula is C19H26N4. The van der Waals surface area contributed by atoms with E-state index in [1.54, 1.807) is 0 Å². The second kappa shape index (κ2) is 7.11. The summed E-state index contributed by atoms with van der Waals surface area (Å²) >= 11 is 0. The van der Waals surface area contributed by atoms with Crippen LogP contribution in [0.4, 0.5) is 5.69 Å². The number of piperazine rings is 1. The second-order valence-electron chi connectivity index (χ2n) is 6.50. The maximum absolute atomic E-state index is 6.00. The third kappa shape index (κ3) is 4.09. The fourth-order valence-electron chi connectivity index (χ4n) is 2.91. The lowest BCUT2D eigenvalue weighted by Gasteiger charge is -2.32. The lowest BCUT2D eigenvalue weighted by Crippen LogP contribution is -2.45. The molecule has 0 aliphatic carbocycles. The quantitative estimate of drug-likeness (QED) is 0.881. The van der Waals surface area contributed by atoms with Crippen LogP contribution in [0.2, 0.25) is 0 Å². The van der Waals surface area contributed by atoms with Crippen LogP contribution in [-0.2, 0) is 6.42 Å². The first-order chi connectivity index (χ1) is 11.1. The molecule has 3 rings (SSSR count). The molecule has 4 nitrogen and oxygen atoms in total. The Morgan fingerprint density at radius 3 is 2.43 bits per heavy atom. The van der Waals surface area contributed by atoms with Crippen molar-refractivity contribution in [2.45, 2.75) is 13.3 Å². The van der Waals surface area contributed by atoms with Crippen molar-refractivity contribution in [1.82, 2.24) is 14.8 Å². The molecule has 0 radical (unpaired) electrons.